The lowest BCUT2D eigenvalue weighted by molar-refractivity contribution is 0.00000964. The fraction of sp³-hybridized carbons (Fsp3) is 0.400. The Balaban J connectivity index is 1.77. The highest BCUT2D eigenvalue weighted by atomic mass is 16.5. The van der Waals surface area contributed by atoms with Gasteiger partial charge in [-0.05, 0) is 35.4 Å². The number of aliphatic hydroxyl groups excluding tert-OH is 4. The molecule has 0 aliphatic heterocycles. The molecule has 0 radical (unpaired) electrons. The molecule has 0 aliphatic rings. The number of rotatable bonds is 12. The van der Waals surface area contributed by atoms with E-state index in [0.717, 1.165) is 11.1 Å². The number of aliphatic hydroxyl groups is 4. The summed E-state index contributed by atoms with van der Waals surface area (Å²) in [4.78, 5) is 0. The topological polar surface area (TPSA) is 109 Å². The Morgan fingerprint density at radius 3 is 1.33 bits per heavy atom. The molecule has 0 aromatic heterocycles. The first-order valence-electron chi connectivity index (χ1n) is 8.69. The second kappa shape index (κ2) is 11.7. The standard InChI is InChI=1S/C20H26O7/c21-9-17(23)13-25-11-15-1-5-19(6-2-15)27-20-7-3-16(4-8-20)12-26-14-18(24)10-22/h1-8,17-18,21-24H,9-14H2. The van der Waals surface area contributed by atoms with E-state index in [-0.39, 0.29) is 26.4 Å². The molecule has 148 valence electrons. The molecule has 0 heterocycles. The summed E-state index contributed by atoms with van der Waals surface area (Å²) in [5.41, 5.74) is 1.87. The van der Waals surface area contributed by atoms with Gasteiger partial charge in [0.1, 0.15) is 23.7 Å². The Morgan fingerprint density at radius 2 is 1.00 bits per heavy atom. The van der Waals surface area contributed by atoms with Gasteiger partial charge >= 0.3 is 0 Å². The summed E-state index contributed by atoms with van der Waals surface area (Å²) in [7, 11) is 0. The summed E-state index contributed by atoms with van der Waals surface area (Å²) in [6, 6.07) is 14.8. The van der Waals surface area contributed by atoms with E-state index in [2.05, 4.69) is 0 Å². The Hall–Kier alpha value is -2.00. The van der Waals surface area contributed by atoms with Crippen LogP contribution in [0, 0.1) is 0 Å². The first kappa shape index (κ1) is 21.3. The summed E-state index contributed by atoms with van der Waals surface area (Å²) in [5, 5.41) is 35.9. The van der Waals surface area contributed by atoms with E-state index in [4.69, 9.17) is 24.4 Å². The van der Waals surface area contributed by atoms with Crippen LogP contribution in [0.15, 0.2) is 48.5 Å². The van der Waals surface area contributed by atoms with Crippen LogP contribution in [0.1, 0.15) is 11.1 Å². The van der Waals surface area contributed by atoms with Crippen molar-refractivity contribution in [3.8, 4) is 11.5 Å². The zero-order valence-corrected chi connectivity index (χ0v) is 15.0. The maximum atomic E-state index is 9.22. The molecule has 2 aromatic rings. The fourth-order valence-electron chi connectivity index (χ4n) is 2.17. The van der Waals surface area contributed by atoms with Gasteiger partial charge in [-0.15, -0.1) is 0 Å². The van der Waals surface area contributed by atoms with Gasteiger partial charge in [-0.25, -0.2) is 0 Å². The molecular formula is C20H26O7. The molecule has 2 aromatic carbocycles. The maximum Gasteiger partial charge on any atom is 0.127 e. The van der Waals surface area contributed by atoms with Gasteiger partial charge in [0.15, 0.2) is 0 Å². The average molecular weight is 378 g/mol. The van der Waals surface area contributed by atoms with Gasteiger partial charge in [-0.2, -0.15) is 0 Å². The van der Waals surface area contributed by atoms with Crippen molar-refractivity contribution in [3.05, 3.63) is 59.7 Å². The summed E-state index contributed by atoms with van der Waals surface area (Å²) < 4.78 is 16.4. The van der Waals surface area contributed by atoms with E-state index in [1.807, 2.05) is 48.5 Å². The molecule has 0 saturated heterocycles. The molecule has 2 atom stereocenters. The molecule has 7 heteroatoms. The van der Waals surface area contributed by atoms with Crippen LogP contribution in [0.5, 0.6) is 11.5 Å². The lowest BCUT2D eigenvalue weighted by Gasteiger charge is -2.10. The molecule has 4 N–H and O–H groups in total. The van der Waals surface area contributed by atoms with Gasteiger partial charge in [0, 0.05) is 0 Å². The second-order valence-electron chi connectivity index (χ2n) is 6.09. The molecule has 0 bridgehead atoms. The normalized spacial score (nSPS) is 13.3. The highest BCUT2D eigenvalue weighted by molar-refractivity contribution is 5.34. The average Bonchev–Trinajstić information content (AvgIpc) is 2.70. The third-order valence-corrected chi connectivity index (χ3v) is 3.66. The number of hydrogen-bond acceptors (Lipinski definition) is 7. The minimum absolute atomic E-state index is 0.0871. The van der Waals surface area contributed by atoms with Crippen molar-refractivity contribution in [2.24, 2.45) is 0 Å². The van der Waals surface area contributed by atoms with Gasteiger partial charge in [0.05, 0.1) is 39.6 Å². The van der Waals surface area contributed by atoms with E-state index < -0.39 is 12.2 Å². The molecule has 0 amide bonds. The van der Waals surface area contributed by atoms with E-state index in [1.54, 1.807) is 0 Å². The third-order valence-electron chi connectivity index (χ3n) is 3.66. The molecule has 0 saturated carbocycles. The molecule has 0 spiro atoms. The fourth-order valence-corrected chi connectivity index (χ4v) is 2.17. The molecule has 2 unspecified atom stereocenters. The van der Waals surface area contributed by atoms with Crippen molar-refractivity contribution >= 4 is 0 Å². The summed E-state index contributed by atoms with van der Waals surface area (Å²) in [6.07, 6.45) is -1.72. The third kappa shape index (κ3) is 8.04. The van der Waals surface area contributed by atoms with Crippen molar-refractivity contribution in [1.82, 2.24) is 0 Å². The Morgan fingerprint density at radius 1 is 0.630 bits per heavy atom. The van der Waals surface area contributed by atoms with Crippen LogP contribution in [-0.2, 0) is 22.7 Å². The molecule has 0 aliphatic carbocycles. The quantitative estimate of drug-likeness (QED) is 0.440. The predicted octanol–water partition coefficient (Wildman–Crippen LogP) is 1.22. The van der Waals surface area contributed by atoms with Gasteiger partial charge in [-0.3, -0.25) is 0 Å². The van der Waals surface area contributed by atoms with E-state index >= 15 is 0 Å². The Labute approximate surface area is 158 Å². The Bertz CT molecular complexity index is 585. The van der Waals surface area contributed by atoms with E-state index in [9.17, 15) is 10.2 Å². The first-order valence-corrected chi connectivity index (χ1v) is 8.69. The highest BCUT2D eigenvalue weighted by Crippen LogP contribution is 2.22. The predicted molar refractivity (Wildman–Crippen MR) is 98.5 cm³/mol. The molecule has 7 nitrogen and oxygen atoms in total. The molecule has 0 fully saturated rings. The van der Waals surface area contributed by atoms with Crippen LogP contribution in [0.4, 0.5) is 0 Å². The summed E-state index contributed by atoms with van der Waals surface area (Å²) in [5.74, 6) is 1.37. The Kier molecular flexibility index (Phi) is 9.20. The second-order valence-corrected chi connectivity index (χ2v) is 6.09. The van der Waals surface area contributed by atoms with Crippen LogP contribution in [0.25, 0.3) is 0 Å². The van der Waals surface area contributed by atoms with Gasteiger partial charge in [-0.1, -0.05) is 24.3 Å². The lowest BCUT2D eigenvalue weighted by atomic mass is 10.2. The molecule has 2 rings (SSSR count). The lowest BCUT2D eigenvalue weighted by Crippen LogP contribution is -2.19. The van der Waals surface area contributed by atoms with E-state index in [1.165, 1.54) is 0 Å². The number of benzene rings is 2. The van der Waals surface area contributed by atoms with Crippen molar-refractivity contribution in [2.45, 2.75) is 25.4 Å². The molecular weight excluding hydrogens is 352 g/mol. The van der Waals surface area contributed by atoms with Crippen molar-refractivity contribution < 1.29 is 34.6 Å². The number of hydrogen-bond donors (Lipinski definition) is 4. The highest BCUT2D eigenvalue weighted by Gasteiger charge is 2.04. The smallest absolute Gasteiger partial charge is 0.127 e. The van der Waals surface area contributed by atoms with Gasteiger partial charge in [0.25, 0.3) is 0 Å². The minimum atomic E-state index is -0.860. The first-order chi connectivity index (χ1) is 13.1. The van der Waals surface area contributed by atoms with Crippen LogP contribution in [0.3, 0.4) is 0 Å². The van der Waals surface area contributed by atoms with Crippen molar-refractivity contribution in [2.75, 3.05) is 26.4 Å². The summed E-state index contributed by atoms with van der Waals surface area (Å²) in [6.45, 7) is 0.228. The maximum absolute atomic E-state index is 9.22. The van der Waals surface area contributed by atoms with Gasteiger partial charge < -0.3 is 34.6 Å². The van der Waals surface area contributed by atoms with E-state index in [0.29, 0.717) is 24.7 Å². The van der Waals surface area contributed by atoms with Crippen LogP contribution >= 0.6 is 0 Å². The molecule has 27 heavy (non-hydrogen) atoms. The SMILES string of the molecule is OCC(O)COCc1ccc(Oc2ccc(COCC(O)CO)cc2)cc1. The minimum Gasteiger partial charge on any atom is -0.457 e. The number of ether oxygens (including phenoxy) is 3. The van der Waals surface area contributed by atoms with Crippen LogP contribution < -0.4 is 4.74 Å². The zero-order valence-electron chi connectivity index (χ0n) is 15.0. The summed E-state index contributed by atoms with van der Waals surface area (Å²) >= 11 is 0. The monoisotopic (exact) mass is 378 g/mol. The zero-order chi connectivity index (χ0) is 19.5. The van der Waals surface area contributed by atoms with Crippen LogP contribution in [0.2, 0.25) is 0 Å². The van der Waals surface area contributed by atoms with Crippen molar-refractivity contribution in [3.63, 3.8) is 0 Å². The van der Waals surface area contributed by atoms with Crippen molar-refractivity contribution in [1.29, 1.82) is 0 Å². The van der Waals surface area contributed by atoms with Gasteiger partial charge in [0.2, 0.25) is 0 Å². The van der Waals surface area contributed by atoms with Crippen LogP contribution in [-0.4, -0.2) is 59.1 Å². The largest absolute Gasteiger partial charge is 0.457 e.